The molecule has 1 heterocycles. The Balaban J connectivity index is 2.05. The van der Waals surface area contributed by atoms with Crippen LogP contribution in [0, 0.1) is 0 Å². The molecule has 2 aromatic carbocycles. The van der Waals surface area contributed by atoms with E-state index in [0.29, 0.717) is 16.5 Å². The van der Waals surface area contributed by atoms with Crippen LogP contribution in [0.15, 0.2) is 70.1 Å². The van der Waals surface area contributed by atoms with Crippen LogP contribution in [0.5, 0.6) is 0 Å². The van der Waals surface area contributed by atoms with Gasteiger partial charge in [-0.15, -0.1) is 0 Å². The molecule has 3 rings (SSSR count). The molecule has 154 valence electrons. The SMILES string of the molecule is CC(C)(CC(O)(Cn1ccc(=O)c2ccccc21)C(F)(F)F)c1cccc(Br)c1. The fourth-order valence-corrected chi connectivity index (χ4v) is 4.07. The van der Waals surface area contributed by atoms with Crippen molar-refractivity contribution in [2.24, 2.45) is 0 Å². The van der Waals surface area contributed by atoms with Crippen molar-refractivity contribution in [3.63, 3.8) is 0 Å². The number of pyridine rings is 1. The Bertz CT molecular complexity index is 1090. The number of aromatic nitrogens is 1. The van der Waals surface area contributed by atoms with Crippen LogP contribution in [-0.2, 0) is 12.0 Å². The summed E-state index contributed by atoms with van der Waals surface area (Å²) < 4.78 is 44.2. The lowest BCUT2D eigenvalue weighted by Crippen LogP contribution is -2.52. The van der Waals surface area contributed by atoms with Crippen LogP contribution in [0.4, 0.5) is 13.2 Å². The Morgan fingerprint density at radius 3 is 2.38 bits per heavy atom. The number of halogens is 4. The Kier molecular flexibility index (Phi) is 5.66. The first-order chi connectivity index (χ1) is 13.4. The van der Waals surface area contributed by atoms with Gasteiger partial charge in [0, 0.05) is 22.1 Å². The van der Waals surface area contributed by atoms with Gasteiger partial charge in [0.25, 0.3) is 0 Å². The average Bonchev–Trinajstić information content (AvgIpc) is 2.63. The molecule has 1 unspecified atom stereocenters. The van der Waals surface area contributed by atoms with E-state index in [0.717, 1.165) is 4.47 Å². The van der Waals surface area contributed by atoms with Crippen LogP contribution in [0.3, 0.4) is 0 Å². The van der Waals surface area contributed by atoms with E-state index < -0.39 is 30.2 Å². The maximum atomic E-state index is 14.1. The second kappa shape index (κ2) is 7.61. The molecule has 3 aromatic rings. The van der Waals surface area contributed by atoms with Gasteiger partial charge in [-0.1, -0.05) is 54.0 Å². The Labute approximate surface area is 174 Å². The lowest BCUT2D eigenvalue weighted by molar-refractivity contribution is -0.271. The highest BCUT2D eigenvalue weighted by molar-refractivity contribution is 9.10. The fourth-order valence-electron chi connectivity index (χ4n) is 3.67. The monoisotopic (exact) mass is 467 g/mol. The first-order valence-electron chi connectivity index (χ1n) is 9.06. The minimum atomic E-state index is -4.86. The fraction of sp³-hybridized carbons (Fsp3) is 0.318. The predicted octanol–water partition coefficient (Wildman–Crippen LogP) is 5.43. The molecular formula is C22H21BrF3NO2. The minimum absolute atomic E-state index is 0.276. The van der Waals surface area contributed by atoms with Crippen LogP contribution >= 0.6 is 15.9 Å². The standard InChI is InChI=1S/C22H21BrF3NO2/c1-20(2,15-6-5-7-16(23)12-15)13-21(29,22(24,25)26)14-27-11-10-19(28)17-8-3-4-9-18(17)27/h3-12,29H,13-14H2,1-2H3. The van der Waals surface area contributed by atoms with E-state index in [-0.39, 0.29) is 5.43 Å². The third-order valence-electron chi connectivity index (χ3n) is 5.18. The Morgan fingerprint density at radius 2 is 1.72 bits per heavy atom. The van der Waals surface area contributed by atoms with Crippen LogP contribution in [0.2, 0.25) is 0 Å². The summed E-state index contributed by atoms with van der Waals surface area (Å²) >= 11 is 3.34. The second-order valence-corrected chi connectivity index (χ2v) is 8.84. The van der Waals surface area contributed by atoms with Crippen LogP contribution in [0.1, 0.15) is 25.8 Å². The summed E-state index contributed by atoms with van der Waals surface area (Å²) in [6, 6.07) is 14.7. The van der Waals surface area contributed by atoms with Gasteiger partial charge in [-0.2, -0.15) is 13.2 Å². The number of benzene rings is 2. The lowest BCUT2D eigenvalue weighted by Gasteiger charge is -2.38. The first-order valence-corrected chi connectivity index (χ1v) is 9.86. The van der Waals surface area contributed by atoms with Gasteiger partial charge < -0.3 is 9.67 Å². The van der Waals surface area contributed by atoms with E-state index >= 15 is 0 Å². The summed E-state index contributed by atoms with van der Waals surface area (Å²) in [7, 11) is 0. The highest BCUT2D eigenvalue weighted by Gasteiger charge is 2.56. The maximum Gasteiger partial charge on any atom is 0.418 e. The van der Waals surface area contributed by atoms with Gasteiger partial charge in [0.1, 0.15) is 0 Å². The molecule has 0 saturated heterocycles. The van der Waals surface area contributed by atoms with Crippen molar-refractivity contribution in [1.82, 2.24) is 4.57 Å². The van der Waals surface area contributed by atoms with Crippen molar-refractivity contribution in [2.75, 3.05) is 0 Å². The largest absolute Gasteiger partial charge is 0.418 e. The van der Waals surface area contributed by atoms with E-state index in [2.05, 4.69) is 15.9 Å². The maximum absolute atomic E-state index is 14.1. The lowest BCUT2D eigenvalue weighted by atomic mass is 9.75. The minimum Gasteiger partial charge on any atom is -0.379 e. The Morgan fingerprint density at radius 1 is 1.03 bits per heavy atom. The molecule has 0 bridgehead atoms. The molecule has 1 N–H and O–H groups in total. The number of fused-ring (bicyclic) bond motifs is 1. The normalized spacial score (nSPS) is 14.7. The van der Waals surface area contributed by atoms with Gasteiger partial charge in [-0.3, -0.25) is 4.79 Å². The zero-order valence-corrected chi connectivity index (χ0v) is 17.6. The van der Waals surface area contributed by atoms with Gasteiger partial charge >= 0.3 is 6.18 Å². The van der Waals surface area contributed by atoms with Crippen molar-refractivity contribution in [3.05, 3.63) is 81.1 Å². The van der Waals surface area contributed by atoms with Crippen molar-refractivity contribution in [1.29, 1.82) is 0 Å². The third kappa shape index (κ3) is 4.41. The van der Waals surface area contributed by atoms with Gasteiger partial charge in [-0.25, -0.2) is 0 Å². The number of hydrogen-bond donors (Lipinski definition) is 1. The predicted molar refractivity (Wildman–Crippen MR) is 111 cm³/mol. The molecule has 0 aliphatic rings. The quantitative estimate of drug-likeness (QED) is 0.543. The third-order valence-corrected chi connectivity index (χ3v) is 5.68. The van der Waals surface area contributed by atoms with Crippen molar-refractivity contribution >= 4 is 26.8 Å². The average molecular weight is 468 g/mol. The van der Waals surface area contributed by atoms with Crippen LogP contribution in [0.25, 0.3) is 10.9 Å². The molecule has 0 fully saturated rings. The molecule has 7 heteroatoms. The smallest absolute Gasteiger partial charge is 0.379 e. The molecular weight excluding hydrogens is 447 g/mol. The molecule has 3 nitrogen and oxygen atoms in total. The van der Waals surface area contributed by atoms with Crippen LogP contribution in [-0.4, -0.2) is 21.5 Å². The summed E-state index contributed by atoms with van der Waals surface area (Å²) in [4.78, 5) is 12.0. The van der Waals surface area contributed by atoms with E-state index in [1.54, 1.807) is 62.4 Å². The summed E-state index contributed by atoms with van der Waals surface area (Å²) in [5.41, 5.74) is -3.19. The molecule has 0 aliphatic heterocycles. The highest BCUT2D eigenvalue weighted by Crippen LogP contribution is 2.42. The molecule has 0 spiro atoms. The number of para-hydroxylation sites is 1. The number of hydrogen-bond acceptors (Lipinski definition) is 2. The Hall–Kier alpha value is -2.12. The zero-order chi connectivity index (χ0) is 21.4. The molecule has 0 saturated carbocycles. The zero-order valence-electron chi connectivity index (χ0n) is 16.0. The van der Waals surface area contributed by atoms with Crippen molar-refractivity contribution in [3.8, 4) is 0 Å². The molecule has 0 amide bonds. The summed E-state index contributed by atoms with van der Waals surface area (Å²) in [6.07, 6.45) is -4.10. The van der Waals surface area contributed by atoms with Gasteiger partial charge in [0.05, 0.1) is 12.1 Å². The van der Waals surface area contributed by atoms with Gasteiger partial charge in [-0.05, 0) is 41.7 Å². The summed E-state index contributed by atoms with van der Waals surface area (Å²) in [6.45, 7) is 2.64. The van der Waals surface area contributed by atoms with Crippen molar-refractivity contribution < 1.29 is 18.3 Å². The molecule has 29 heavy (non-hydrogen) atoms. The van der Waals surface area contributed by atoms with Gasteiger partial charge in [0.15, 0.2) is 11.0 Å². The van der Waals surface area contributed by atoms with Gasteiger partial charge in [0.2, 0.25) is 0 Å². The summed E-state index contributed by atoms with van der Waals surface area (Å²) in [5.74, 6) is 0. The van der Waals surface area contributed by atoms with E-state index in [1.807, 2.05) is 0 Å². The number of alkyl halides is 3. The molecule has 1 aromatic heterocycles. The molecule has 1 atom stereocenters. The summed E-state index contributed by atoms with van der Waals surface area (Å²) in [5, 5.41) is 11.2. The van der Waals surface area contributed by atoms with E-state index in [1.165, 1.54) is 16.8 Å². The number of aliphatic hydroxyl groups is 1. The van der Waals surface area contributed by atoms with Crippen LogP contribution < -0.4 is 5.43 Å². The van der Waals surface area contributed by atoms with E-state index in [9.17, 15) is 23.1 Å². The number of rotatable bonds is 5. The highest BCUT2D eigenvalue weighted by atomic mass is 79.9. The van der Waals surface area contributed by atoms with E-state index in [4.69, 9.17) is 0 Å². The molecule has 0 radical (unpaired) electrons. The van der Waals surface area contributed by atoms with Crippen molar-refractivity contribution in [2.45, 2.75) is 44.0 Å². The topological polar surface area (TPSA) is 42.2 Å². The number of nitrogens with zero attached hydrogens (tertiary/aromatic N) is 1. The molecule has 0 aliphatic carbocycles. The first kappa shape index (κ1) is 21.6. The second-order valence-electron chi connectivity index (χ2n) is 7.93.